The Morgan fingerprint density at radius 1 is 1.04 bits per heavy atom. The van der Waals surface area contributed by atoms with Crippen molar-refractivity contribution in [2.45, 2.75) is 0 Å². The zero-order valence-electron chi connectivity index (χ0n) is 13.1. The van der Waals surface area contributed by atoms with Crippen molar-refractivity contribution in [3.8, 4) is 17.4 Å². The molecule has 1 amide bonds. The summed E-state index contributed by atoms with van der Waals surface area (Å²) in [7, 11) is 0. The Morgan fingerprint density at radius 2 is 1.76 bits per heavy atom. The Balaban J connectivity index is 1.78. The summed E-state index contributed by atoms with van der Waals surface area (Å²) in [4.78, 5) is 12.2. The molecule has 0 atom stereocenters. The smallest absolute Gasteiger partial charge is 0.266 e. The van der Waals surface area contributed by atoms with Gasteiger partial charge in [-0.15, -0.1) is 0 Å². The molecule has 25 heavy (non-hydrogen) atoms. The van der Waals surface area contributed by atoms with E-state index < -0.39 is 11.7 Å². The first kappa shape index (κ1) is 16.2. The summed E-state index contributed by atoms with van der Waals surface area (Å²) >= 11 is 0. The molecule has 0 saturated carbocycles. The van der Waals surface area contributed by atoms with Crippen LogP contribution in [-0.4, -0.2) is 5.91 Å². The molecular formula is C20H13FN2O2. The lowest BCUT2D eigenvalue weighted by Gasteiger charge is -2.03. The second kappa shape index (κ2) is 7.28. The second-order valence-corrected chi connectivity index (χ2v) is 5.20. The van der Waals surface area contributed by atoms with E-state index in [2.05, 4.69) is 5.32 Å². The number of nitrogens with zero attached hydrogens (tertiary/aromatic N) is 1. The molecule has 3 rings (SSSR count). The molecule has 0 radical (unpaired) electrons. The summed E-state index contributed by atoms with van der Waals surface area (Å²) in [5.41, 5.74) is 1.19. The summed E-state index contributed by atoms with van der Waals surface area (Å²) in [6.07, 6.45) is 1.37. The lowest BCUT2D eigenvalue weighted by atomic mass is 10.2. The molecule has 4 nitrogen and oxygen atoms in total. The predicted octanol–water partition coefficient (Wildman–Crippen LogP) is 4.63. The van der Waals surface area contributed by atoms with Crippen molar-refractivity contribution in [2.75, 3.05) is 5.32 Å². The number of hydrogen-bond acceptors (Lipinski definition) is 3. The molecule has 0 saturated heterocycles. The van der Waals surface area contributed by atoms with Gasteiger partial charge in [-0.25, -0.2) is 4.39 Å². The SMILES string of the molecule is N#CC(=Cc1ccc(-c2ccccc2)o1)C(=O)Nc1ccc(F)cc1. The molecule has 0 unspecified atom stereocenters. The molecule has 3 aromatic rings. The average Bonchev–Trinajstić information content (AvgIpc) is 3.11. The van der Waals surface area contributed by atoms with Crippen molar-refractivity contribution >= 4 is 17.7 Å². The molecule has 122 valence electrons. The van der Waals surface area contributed by atoms with E-state index in [9.17, 15) is 14.4 Å². The Kier molecular flexibility index (Phi) is 4.72. The van der Waals surface area contributed by atoms with Crippen molar-refractivity contribution in [2.24, 2.45) is 0 Å². The lowest BCUT2D eigenvalue weighted by molar-refractivity contribution is -0.112. The fourth-order valence-corrected chi connectivity index (χ4v) is 2.21. The number of hydrogen-bond donors (Lipinski definition) is 1. The average molecular weight is 332 g/mol. The molecule has 2 aromatic carbocycles. The van der Waals surface area contributed by atoms with Gasteiger partial charge in [0.05, 0.1) is 0 Å². The number of furan rings is 1. The third-order valence-corrected chi connectivity index (χ3v) is 3.44. The van der Waals surface area contributed by atoms with Crippen LogP contribution in [0.4, 0.5) is 10.1 Å². The van der Waals surface area contributed by atoms with Crippen LogP contribution in [0.3, 0.4) is 0 Å². The minimum atomic E-state index is -0.591. The van der Waals surface area contributed by atoms with E-state index in [4.69, 9.17) is 4.42 Å². The van der Waals surface area contributed by atoms with E-state index in [0.717, 1.165) is 5.56 Å². The number of nitrogens with one attached hydrogen (secondary N) is 1. The van der Waals surface area contributed by atoms with Gasteiger partial charge in [0.1, 0.15) is 29.0 Å². The predicted molar refractivity (Wildman–Crippen MR) is 92.8 cm³/mol. The zero-order valence-corrected chi connectivity index (χ0v) is 13.1. The Labute approximate surface area is 143 Å². The van der Waals surface area contributed by atoms with E-state index in [1.165, 1.54) is 30.3 Å². The molecule has 0 bridgehead atoms. The highest BCUT2D eigenvalue weighted by Crippen LogP contribution is 2.23. The second-order valence-electron chi connectivity index (χ2n) is 5.20. The number of carbonyl (C=O) groups is 1. The number of benzene rings is 2. The van der Waals surface area contributed by atoms with Crippen LogP contribution in [0.1, 0.15) is 5.76 Å². The van der Waals surface area contributed by atoms with Crippen LogP contribution in [0.2, 0.25) is 0 Å². The maximum atomic E-state index is 12.9. The Morgan fingerprint density at radius 3 is 2.44 bits per heavy atom. The molecule has 0 fully saturated rings. The van der Waals surface area contributed by atoms with Crippen molar-refractivity contribution < 1.29 is 13.6 Å². The zero-order chi connectivity index (χ0) is 17.6. The van der Waals surface area contributed by atoms with Crippen molar-refractivity contribution in [3.05, 3.63) is 83.9 Å². The van der Waals surface area contributed by atoms with Crippen LogP contribution >= 0.6 is 0 Å². The van der Waals surface area contributed by atoms with Crippen molar-refractivity contribution in [1.29, 1.82) is 5.26 Å². The fourth-order valence-electron chi connectivity index (χ4n) is 2.21. The first-order valence-corrected chi connectivity index (χ1v) is 7.50. The van der Waals surface area contributed by atoms with Crippen LogP contribution in [0.5, 0.6) is 0 Å². The first-order chi connectivity index (χ1) is 12.2. The summed E-state index contributed by atoms with van der Waals surface area (Å²) in [6, 6.07) is 20.1. The van der Waals surface area contributed by atoms with Gasteiger partial charge in [-0.1, -0.05) is 30.3 Å². The lowest BCUT2D eigenvalue weighted by Crippen LogP contribution is -2.13. The number of rotatable bonds is 4. The minimum absolute atomic E-state index is 0.113. The molecular weight excluding hydrogens is 319 g/mol. The Bertz CT molecular complexity index is 951. The van der Waals surface area contributed by atoms with Gasteiger partial charge in [0.15, 0.2) is 0 Å². The molecule has 0 aliphatic heterocycles. The van der Waals surface area contributed by atoms with Gasteiger partial charge in [-0.2, -0.15) is 5.26 Å². The molecule has 1 aromatic heterocycles. The Hall–Kier alpha value is -3.65. The number of anilines is 1. The van der Waals surface area contributed by atoms with E-state index in [1.807, 2.05) is 36.4 Å². The third-order valence-electron chi connectivity index (χ3n) is 3.44. The van der Waals surface area contributed by atoms with E-state index >= 15 is 0 Å². The first-order valence-electron chi connectivity index (χ1n) is 7.50. The maximum absolute atomic E-state index is 12.9. The highest BCUT2D eigenvalue weighted by molar-refractivity contribution is 6.09. The molecule has 1 heterocycles. The molecule has 0 aliphatic carbocycles. The normalized spacial score (nSPS) is 11.0. The largest absolute Gasteiger partial charge is 0.457 e. The van der Waals surface area contributed by atoms with Crippen LogP contribution in [0, 0.1) is 17.1 Å². The number of halogens is 1. The molecule has 0 aliphatic rings. The topological polar surface area (TPSA) is 66.0 Å². The number of carbonyl (C=O) groups excluding carboxylic acids is 1. The summed E-state index contributed by atoms with van der Waals surface area (Å²) in [6.45, 7) is 0. The van der Waals surface area contributed by atoms with Gasteiger partial charge >= 0.3 is 0 Å². The third kappa shape index (κ3) is 4.01. The van der Waals surface area contributed by atoms with Gasteiger partial charge in [-0.05, 0) is 36.4 Å². The van der Waals surface area contributed by atoms with Gasteiger partial charge in [0.2, 0.25) is 0 Å². The fraction of sp³-hybridized carbons (Fsp3) is 0. The molecule has 1 N–H and O–H groups in total. The standard InChI is InChI=1S/C20H13FN2O2/c21-16-6-8-17(9-7-16)23-20(24)15(13-22)12-18-10-11-19(25-18)14-4-2-1-3-5-14/h1-12H,(H,23,24). The quantitative estimate of drug-likeness (QED) is 0.559. The van der Waals surface area contributed by atoms with Crippen LogP contribution in [-0.2, 0) is 4.79 Å². The van der Waals surface area contributed by atoms with Crippen LogP contribution < -0.4 is 5.32 Å². The van der Waals surface area contributed by atoms with Crippen molar-refractivity contribution in [3.63, 3.8) is 0 Å². The van der Waals surface area contributed by atoms with E-state index in [1.54, 1.807) is 12.1 Å². The van der Waals surface area contributed by atoms with Gasteiger partial charge in [-0.3, -0.25) is 4.79 Å². The highest BCUT2D eigenvalue weighted by Gasteiger charge is 2.11. The number of nitriles is 1. The minimum Gasteiger partial charge on any atom is -0.457 e. The number of amides is 1. The van der Waals surface area contributed by atoms with E-state index in [0.29, 0.717) is 17.2 Å². The maximum Gasteiger partial charge on any atom is 0.266 e. The summed E-state index contributed by atoms with van der Waals surface area (Å²) < 4.78 is 18.6. The monoisotopic (exact) mass is 332 g/mol. The van der Waals surface area contributed by atoms with Crippen molar-refractivity contribution in [1.82, 2.24) is 0 Å². The summed E-state index contributed by atoms with van der Waals surface area (Å²) in [5, 5.41) is 11.8. The molecule has 5 heteroatoms. The van der Waals surface area contributed by atoms with Crippen LogP contribution in [0.15, 0.2) is 76.7 Å². The highest BCUT2D eigenvalue weighted by atomic mass is 19.1. The van der Waals surface area contributed by atoms with Gasteiger partial charge < -0.3 is 9.73 Å². The van der Waals surface area contributed by atoms with E-state index in [-0.39, 0.29) is 5.57 Å². The van der Waals surface area contributed by atoms with Gasteiger partial charge in [0, 0.05) is 17.3 Å². The summed E-state index contributed by atoms with van der Waals surface area (Å²) in [5.74, 6) is 0.0394. The molecule has 0 spiro atoms. The van der Waals surface area contributed by atoms with Gasteiger partial charge in [0.25, 0.3) is 5.91 Å². The van der Waals surface area contributed by atoms with Crippen LogP contribution in [0.25, 0.3) is 17.4 Å².